The van der Waals surface area contributed by atoms with Crippen molar-refractivity contribution in [1.82, 2.24) is 25.6 Å². The van der Waals surface area contributed by atoms with Gasteiger partial charge in [0, 0.05) is 35.3 Å². The van der Waals surface area contributed by atoms with Crippen LogP contribution in [0.4, 0.5) is 0 Å². The van der Waals surface area contributed by atoms with Crippen molar-refractivity contribution in [2.45, 2.75) is 44.8 Å². The standard InChI is InChI=1S/C26H30N6O2/c1-16(30-25(34)26(2,3)27)24(33)32-21(13-18-14-28-20-12-8-7-11-19(18)20)23-29-15-22(31-23)17-9-5-4-6-10-17/h4-12,14-16,21,28H,13,27H2,1-3H3,(H,29,31)(H,30,34)(H,32,33)/t16-,21-/m1/s1. The molecular formula is C26H30N6O2. The lowest BCUT2D eigenvalue weighted by Crippen LogP contribution is -2.55. The Morgan fingerprint density at radius 1 is 1.00 bits per heavy atom. The van der Waals surface area contributed by atoms with Crippen molar-refractivity contribution in [3.8, 4) is 11.3 Å². The van der Waals surface area contributed by atoms with Crippen LogP contribution in [0, 0.1) is 0 Å². The van der Waals surface area contributed by atoms with Gasteiger partial charge in [0.05, 0.1) is 17.3 Å². The summed E-state index contributed by atoms with van der Waals surface area (Å²) in [6.45, 7) is 4.83. The van der Waals surface area contributed by atoms with E-state index < -0.39 is 23.5 Å². The third-order valence-corrected chi connectivity index (χ3v) is 5.74. The molecule has 2 aromatic carbocycles. The van der Waals surface area contributed by atoms with Gasteiger partial charge >= 0.3 is 0 Å². The summed E-state index contributed by atoms with van der Waals surface area (Å²) < 4.78 is 0. The van der Waals surface area contributed by atoms with Gasteiger partial charge in [0.1, 0.15) is 11.9 Å². The number of carbonyl (C=O) groups excluding carboxylic acids is 2. The molecule has 2 atom stereocenters. The number of hydrogen-bond acceptors (Lipinski definition) is 4. The van der Waals surface area contributed by atoms with E-state index >= 15 is 0 Å². The van der Waals surface area contributed by atoms with Crippen LogP contribution in [0.5, 0.6) is 0 Å². The second-order valence-electron chi connectivity index (χ2n) is 9.08. The van der Waals surface area contributed by atoms with Crippen LogP contribution in [0.1, 0.15) is 38.2 Å². The molecular weight excluding hydrogens is 428 g/mol. The van der Waals surface area contributed by atoms with Crippen LogP contribution < -0.4 is 16.4 Å². The fourth-order valence-corrected chi connectivity index (χ4v) is 3.75. The maximum Gasteiger partial charge on any atom is 0.242 e. The summed E-state index contributed by atoms with van der Waals surface area (Å²) in [6, 6.07) is 16.7. The molecule has 8 heteroatoms. The first-order valence-electron chi connectivity index (χ1n) is 11.3. The number of amides is 2. The second-order valence-corrected chi connectivity index (χ2v) is 9.08. The van der Waals surface area contributed by atoms with E-state index in [4.69, 9.17) is 10.7 Å². The highest BCUT2D eigenvalue weighted by Gasteiger charge is 2.28. The first kappa shape index (κ1) is 23.3. The Hall–Kier alpha value is -3.91. The SMILES string of the molecule is C[C@@H](NC(=O)C(C)(C)N)C(=O)N[C@H](Cc1c[nH]c2ccccc12)c1nc(-c2ccccc2)c[nH]1. The lowest BCUT2D eigenvalue weighted by atomic mass is 10.0. The van der Waals surface area contributed by atoms with Gasteiger partial charge in [0.25, 0.3) is 0 Å². The number of nitrogens with two attached hydrogens (primary N) is 1. The largest absolute Gasteiger partial charge is 0.361 e. The molecule has 0 bridgehead atoms. The van der Waals surface area contributed by atoms with Crippen molar-refractivity contribution in [1.29, 1.82) is 0 Å². The highest BCUT2D eigenvalue weighted by Crippen LogP contribution is 2.25. The van der Waals surface area contributed by atoms with E-state index in [2.05, 4.69) is 20.6 Å². The van der Waals surface area contributed by atoms with Crippen LogP contribution in [0.2, 0.25) is 0 Å². The van der Waals surface area contributed by atoms with Gasteiger partial charge in [0.15, 0.2) is 0 Å². The monoisotopic (exact) mass is 458 g/mol. The lowest BCUT2D eigenvalue weighted by molar-refractivity contribution is -0.131. The van der Waals surface area contributed by atoms with Gasteiger partial charge in [-0.3, -0.25) is 9.59 Å². The molecule has 0 aliphatic carbocycles. The molecule has 6 N–H and O–H groups in total. The number of nitrogens with one attached hydrogen (secondary N) is 4. The van der Waals surface area contributed by atoms with E-state index in [0.29, 0.717) is 12.2 Å². The Balaban J connectivity index is 1.60. The van der Waals surface area contributed by atoms with E-state index in [1.54, 1.807) is 20.8 Å². The number of fused-ring (bicyclic) bond motifs is 1. The maximum absolute atomic E-state index is 13.0. The maximum atomic E-state index is 13.0. The number of aromatic nitrogens is 3. The molecule has 8 nitrogen and oxygen atoms in total. The second kappa shape index (κ2) is 9.52. The molecule has 0 fully saturated rings. The third-order valence-electron chi connectivity index (χ3n) is 5.74. The van der Waals surface area contributed by atoms with E-state index in [1.165, 1.54) is 0 Å². The molecule has 0 radical (unpaired) electrons. The number of hydrogen-bond donors (Lipinski definition) is 5. The summed E-state index contributed by atoms with van der Waals surface area (Å²) in [7, 11) is 0. The van der Waals surface area contributed by atoms with Gasteiger partial charge in [-0.2, -0.15) is 0 Å². The van der Waals surface area contributed by atoms with Crippen molar-refractivity contribution >= 4 is 22.7 Å². The molecule has 2 heterocycles. The minimum Gasteiger partial charge on any atom is -0.361 e. The summed E-state index contributed by atoms with van der Waals surface area (Å²) in [5, 5.41) is 6.82. The van der Waals surface area contributed by atoms with Crippen molar-refractivity contribution in [3.05, 3.63) is 78.4 Å². The average Bonchev–Trinajstić information content (AvgIpc) is 3.46. The van der Waals surface area contributed by atoms with Crippen LogP contribution in [-0.4, -0.2) is 38.3 Å². The Labute approximate surface area is 198 Å². The number of rotatable bonds is 8. The molecule has 0 aliphatic heterocycles. The molecule has 0 spiro atoms. The van der Waals surface area contributed by atoms with E-state index in [9.17, 15) is 9.59 Å². The van der Waals surface area contributed by atoms with E-state index in [1.807, 2.05) is 67.0 Å². The fraction of sp³-hybridized carbons (Fsp3) is 0.269. The summed E-state index contributed by atoms with van der Waals surface area (Å²) in [4.78, 5) is 36.6. The van der Waals surface area contributed by atoms with Gasteiger partial charge in [-0.25, -0.2) is 4.98 Å². The Morgan fingerprint density at radius 2 is 1.71 bits per heavy atom. The lowest BCUT2D eigenvalue weighted by Gasteiger charge is -2.23. The highest BCUT2D eigenvalue weighted by molar-refractivity contribution is 5.91. The summed E-state index contributed by atoms with van der Waals surface area (Å²) in [6.07, 6.45) is 4.30. The first-order valence-corrected chi connectivity index (χ1v) is 11.3. The Kier molecular flexibility index (Phi) is 6.51. The van der Waals surface area contributed by atoms with Crippen LogP contribution in [-0.2, 0) is 16.0 Å². The molecule has 0 saturated heterocycles. The summed E-state index contributed by atoms with van der Waals surface area (Å²) >= 11 is 0. The predicted molar refractivity (Wildman–Crippen MR) is 133 cm³/mol. The van der Waals surface area contributed by atoms with Crippen LogP contribution in [0.15, 0.2) is 67.0 Å². The molecule has 4 rings (SSSR count). The van der Waals surface area contributed by atoms with Gasteiger partial charge in [-0.15, -0.1) is 0 Å². The topological polar surface area (TPSA) is 129 Å². The molecule has 2 aromatic heterocycles. The quantitative estimate of drug-likeness (QED) is 0.278. The summed E-state index contributed by atoms with van der Waals surface area (Å²) in [5.74, 6) is -0.0806. The van der Waals surface area contributed by atoms with E-state index in [0.717, 1.165) is 27.7 Å². The number of benzene rings is 2. The third kappa shape index (κ3) is 5.18. The van der Waals surface area contributed by atoms with Crippen molar-refractivity contribution < 1.29 is 9.59 Å². The number of para-hydroxylation sites is 1. The minimum absolute atomic E-state index is 0.319. The average molecular weight is 459 g/mol. The molecule has 4 aromatic rings. The van der Waals surface area contributed by atoms with Crippen molar-refractivity contribution in [2.24, 2.45) is 5.73 Å². The normalized spacial score (nSPS) is 13.4. The number of aromatic amines is 2. The Morgan fingerprint density at radius 3 is 2.44 bits per heavy atom. The van der Waals surface area contributed by atoms with Crippen molar-refractivity contribution in [2.75, 3.05) is 0 Å². The van der Waals surface area contributed by atoms with Crippen LogP contribution in [0.3, 0.4) is 0 Å². The molecule has 0 saturated carbocycles. The zero-order valence-corrected chi connectivity index (χ0v) is 19.6. The van der Waals surface area contributed by atoms with Gasteiger partial charge in [0.2, 0.25) is 11.8 Å². The van der Waals surface area contributed by atoms with Crippen molar-refractivity contribution in [3.63, 3.8) is 0 Å². The van der Waals surface area contributed by atoms with Crippen LogP contribution >= 0.6 is 0 Å². The molecule has 2 amide bonds. The zero-order chi connectivity index (χ0) is 24.3. The zero-order valence-electron chi connectivity index (χ0n) is 19.6. The summed E-state index contributed by atoms with van der Waals surface area (Å²) in [5.41, 5.74) is 8.63. The molecule has 34 heavy (non-hydrogen) atoms. The van der Waals surface area contributed by atoms with E-state index in [-0.39, 0.29) is 5.91 Å². The minimum atomic E-state index is -1.08. The first-order chi connectivity index (χ1) is 16.2. The molecule has 176 valence electrons. The molecule has 0 aliphatic rings. The van der Waals surface area contributed by atoms with Gasteiger partial charge < -0.3 is 26.3 Å². The number of carbonyl (C=O) groups is 2. The number of nitrogens with zero attached hydrogens (tertiary/aromatic N) is 1. The smallest absolute Gasteiger partial charge is 0.242 e. The molecule has 0 unspecified atom stereocenters. The number of imidazole rings is 1. The van der Waals surface area contributed by atoms with Crippen LogP contribution in [0.25, 0.3) is 22.2 Å². The fourth-order valence-electron chi connectivity index (χ4n) is 3.75. The van der Waals surface area contributed by atoms with Gasteiger partial charge in [-0.1, -0.05) is 48.5 Å². The predicted octanol–water partition coefficient (Wildman–Crippen LogP) is 3.20. The highest BCUT2D eigenvalue weighted by atomic mass is 16.2. The Bertz CT molecular complexity index is 1290. The van der Waals surface area contributed by atoms with Gasteiger partial charge in [-0.05, 0) is 32.4 Å². The number of H-pyrrole nitrogens is 2.